The van der Waals surface area contributed by atoms with Crippen molar-refractivity contribution in [2.75, 3.05) is 7.11 Å². The second kappa shape index (κ2) is 3.51. The number of hydrogen-bond donors (Lipinski definition) is 1. The van der Waals surface area contributed by atoms with Gasteiger partial charge in [0.1, 0.15) is 5.56 Å². The van der Waals surface area contributed by atoms with Crippen LogP contribution in [0.25, 0.3) is 0 Å². The molecule has 1 rings (SSSR count). The number of aromatic amines is 1. The summed E-state index contributed by atoms with van der Waals surface area (Å²) in [6.07, 6.45) is -3.13. The smallest absolute Gasteiger partial charge is 0.271 e. The summed E-state index contributed by atoms with van der Waals surface area (Å²) in [6, 6.07) is 0.768. The quantitative estimate of drug-likeness (QED) is 0.722. The van der Waals surface area contributed by atoms with Crippen molar-refractivity contribution < 1.29 is 17.9 Å². The van der Waals surface area contributed by atoms with E-state index >= 15 is 0 Å². The van der Waals surface area contributed by atoms with Crippen LogP contribution in [0, 0.1) is 5.95 Å². The fourth-order valence-electron chi connectivity index (χ4n) is 0.830. The van der Waals surface area contributed by atoms with Crippen molar-refractivity contribution in [3.8, 4) is 5.88 Å². The van der Waals surface area contributed by atoms with Gasteiger partial charge in [-0.3, -0.25) is 4.79 Å². The first kappa shape index (κ1) is 9.63. The third-order valence-corrected chi connectivity index (χ3v) is 1.44. The van der Waals surface area contributed by atoms with E-state index in [1.165, 1.54) is 7.11 Å². The Hall–Kier alpha value is -1.46. The SMILES string of the molecule is COc1cc(=O)c(C(F)F)c(F)[nH]1. The van der Waals surface area contributed by atoms with Gasteiger partial charge in [-0.1, -0.05) is 0 Å². The van der Waals surface area contributed by atoms with E-state index in [1.807, 2.05) is 4.98 Å². The van der Waals surface area contributed by atoms with Crippen LogP contribution in [0.15, 0.2) is 10.9 Å². The molecule has 0 radical (unpaired) electrons. The van der Waals surface area contributed by atoms with Crippen LogP contribution >= 0.6 is 0 Å². The van der Waals surface area contributed by atoms with Crippen molar-refractivity contribution in [2.24, 2.45) is 0 Å². The highest BCUT2D eigenvalue weighted by Gasteiger charge is 2.18. The van der Waals surface area contributed by atoms with Crippen LogP contribution in [0.1, 0.15) is 12.0 Å². The lowest BCUT2D eigenvalue weighted by molar-refractivity contribution is 0.143. The molecule has 0 amide bonds. The average Bonchev–Trinajstić information content (AvgIpc) is 2.02. The average molecular weight is 193 g/mol. The van der Waals surface area contributed by atoms with E-state index in [9.17, 15) is 18.0 Å². The van der Waals surface area contributed by atoms with Gasteiger partial charge in [-0.25, -0.2) is 8.78 Å². The molecule has 1 N–H and O–H groups in total. The van der Waals surface area contributed by atoms with Crippen molar-refractivity contribution in [3.63, 3.8) is 0 Å². The molecule has 0 aliphatic carbocycles. The molecule has 0 aliphatic rings. The zero-order chi connectivity index (χ0) is 10.0. The second-order valence-electron chi connectivity index (χ2n) is 2.23. The molecule has 0 atom stereocenters. The highest BCUT2D eigenvalue weighted by molar-refractivity contribution is 5.20. The zero-order valence-electron chi connectivity index (χ0n) is 6.61. The largest absolute Gasteiger partial charge is 0.482 e. The summed E-state index contributed by atoms with van der Waals surface area (Å²) in [4.78, 5) is 12.7. The highest BCUT2D eigenvalue weighted by atomic mass is 19.3. The molecule has 72 valence electrons. The van der Waals surface area contributed by atoms with Gasteiger partial charge in [0.15, 0.2) is 11.3 Å². The van der Waals surface area contributed by atoms with Gasteiger partial charge in [0.05, 0.1) is 7.11 Å². The molecule has 0 aromatic carbocycles. The normalized spacial score (nSPS) is 10.5. The number of hydrogen-bond acceptors (Lipinski definition) is 2. The summed E-state index contributed by atoms with van der Waals surface area (Å²) in [5.74, 6) is -1.55. The van der Waals surface area contributed by atoms with Crippen molar-refractivity contribution in [1.29, 1.82) is 0 Å². The first-order chi connectivity index (χ1) is 6.06. The molecule has 1 aromatic heterocycles. The van der Waals surface area contributed by atoms with Crippen LogP contribution < -0.4 is 10.2 Å². The molecule has 0 bridgehead atoms. The van der Waals surface area contributed by atoms with Gasteiger partial charge in [-0.15, -0.1) is 0 Å². The van der Waals surface area contributed by atoms with Crippen molar-refractivity contribution >= 4 is 0 Å². The molecule has 1 heterocycles. The van der Waals surface area contributed by atoms with E-state index in [2.05, 4.69) is 4.74 Å². The van der Waals surface area contributed by atoms with Crippen LogP contribution in [-0.4, -0.2) is 12.1 Å². The lowest BCUT2D eigenvalue weighted by atomic mass is 10.3. The van der Waals surface area contributed by atoms with Gasteiger partial charge in [-0.05, 0) is 0 Å². The Morgan fingerprint density at radius 3 is 2.54 bits per heavy atom. The van der Waals surface area contributed by atoms with Gasteiger partial charge < -0.3 is 9.72 Å². The van der Waals surface area contributed by atoms with Crippen molar-refractivity contribution in [1.82, 2.24) is 4.98 Å². The minimum absolute atomic E-state index is 0.188. The monoisotopic (exact) mass is 193 g/mol. The lowest BCUT2D eigenvalue weighted by Crippen LogP contribution is -2.13. The summed E-state index contributed by atoms with van der Waals surface area (Å²) in [5.41, 5.74) is -2.25. The van der Waals surface area contributed by atoms with E-state index in [-0.39, 0.29) is 5.88 Å². The summed E-state index contributed by atoms with van der Waals surface area (Å²) >= 11 is 0. The van der Waals surface area contributed by atoms with Gasteiger partial charge in [0.25, 0.3) is 6.43 Å². The first-order valence-corrected chi connectivity index (χ1v) is 3.31. The van der Waals surface area contributed by atoms with E-state index < -0.39 is 23.4 Å². The molecule has 0 fully saturated rings. The number of H-pyrrole nitrogens is 1. The molecule has 0 unspecified atom stereocenters. The minimum atomic E-state index is -3.13. The predicted octanol–water partition coefficient (Wildman–Crippen LogP) is 1.46. The number of alkyl halides is 2. The predicted molar refractivity (Wildman–Crippen MR) is 38.5 cm³/mol. The topological polar surface area (TPSA) is 42.1 Å². The third-order valence-electron chi connectivity index (χ3n) is 1.44. The van der Waals surface area contributed by atoms with Crippen LogP contribution in [0.2, 0.25) is 0 Å². The molecular formula is C7H6F3NO2. The summed E-state index contributed by atoms with van der Waals surface area (Å²) in [7, 11) is 1.19. The molecule has 13 heavy (non-hydrogen) atoms. The standard InChI is InChI=1S/C7H6F3NO2/c1-13-4-2-3(12)5(6(8)9)7(10)11-4/h2,6H,1H3,(H,11,12). The molecule has 1 aromatic rings. The Balaban J connectivity index is 3.32. The number of nitrogens with one attached hydrogen (secondary N) is 1. The number of rotatable bonds is 2. The van der Waals surface area contributed by atoms with E-state index in [0.717, 1.165) is 6.07 Å². The van der Waals surface area contributed by atoms with Crippen molar-refractivity contribution in [2.45, 2.75) is 6.43 Å². The first-order valence-electron chi connectivity index (χ1n) is 3.31. The highest BCUT2D eigenvalue weighted by Crippen LogP contribution is 2.18. The van der Waals surface area contributed by atoms with E-state index in [4.69, 9.17) is 0 Å². The fourth-order valence-corrected chi connectivity index (χ4v) is 0.830. The Morgan fingerprint density at radius 2 is 2.15 bits per heavy atom. The second-order valence-corrected chi connectivity index (χ2v) is 2.23. The number of aromatic nitrogens is 1. The lowest BCUT2D eigenvalue weighted by Gasteiger charge is -2.03. The number of ether oxygens (including phenoxy) is 1. The van der Waals surface area contributed by atoms with Crippen LogP contribution in [0.3, 0.4) is 0 Å². The minimum Gasteiger partial charge on any atom is -0.482 e. The molecule has 0 saturated heterocycles. The molecule has 3 nitrogen and oxygen atoms in total. The molecular weight excluding hydrogens is 187 g/mol. The van der Waals surface area contributed by atoms with Gasteiger partial charge in [0, 0.05) is 6.07 Å². The Labute approximate surface area is 71.2 Å². The van der Waals surface area contributed by atoms with Crippen molar-refractivity contribution in [3.05, 3.63) is 27.8 Å². The third kappa shape index (κ3) is 1.82. The van der Waals surface area contributed by atoms with Crippen LogP contribution in [-0.2, 0) is 0 Å². The van der Waals surface area contributed by atoms with E-state index in [0.29, 0.717) is 0 Å². The van der Waals surface area contributed by atoms with E-state index in [1.54, 1.807) is 0 Å². The van der Waals surface area contributed by atoms with Crippen LogP contribution in [0.5, 0.6) is 5.88 Å². The Morgan fingerprint density at radius 1 is 1.54 bits per heavy atom. The Kier molecular flexibility index (Phi) is 2.60. The number of methoxy groups -OCH3 is 1. The zero-order valence-corrected chi connectivity index (χ0v) is 6.61. The molecule has 0 saturated carbocycles. The molecule has 0 spiro atoms. The van der Waals surface area contributed by atoms with Gasteiger partial charge in [-0.2, -0.15) is 4.39 Å². The fraction of sp³-hybridized carbons (Fsp3) is 0.286. The van der Waals surface area contributed by atoms with Gasteiger partial charge >= 0.3 is 0 Å². The maximum absolute atomic E-state index is 12.7. The Bertz CT molecular complexity index is 361. The molecule has 0 aliphatic heterocycles. The van der Waals surface area contributed by atoms with Gasteiger partial charge in [0.2, 0.25) is 5.95 Å². The maximum Gasteiger partial charge on any atom is 0.271 e. The summed E-state index contributed by atoms with van der Waals surface area (Å²) in [5, 5.41) is 0. The summed E-state index contributed by atoms with van der Waals surface area (Å²) in [6.45, 7) is 0. The number of halogens is 3. The van der Waals surface area contributed by atoms with Crippen LogP contribution in [0.4, 0.5) is 13.2 Å². The maximum atomic E-state index is 12.7. The summed E-state index contributed by atoms with van der Waals surface area (Å²) < 4.78 is 41.3. The molecule has 6 heteroatoms. The number of pyridine rings is 1.